The number of carbonyl (C=O) groups is 1. The molecule has 1 atom stereocenters. The van der Waals surface area contributed by atoms with E-state index in [4.69, 9.17) is 9.47 Å². The molecular weight excluding hydrogens is 376 g/mol. The highest BCUT2D eigenvalue weighted by Crippen LogP contribution is 2.25. The summed E-state index contributed by atoms with van der Waals surface area (Å²) in [5, 5.41) is 5.18. The summed E-state index contributed by atoms with van der Waals surface area (Å²) < 4.78 is 10.9. The predicted molar refractivity (Wildman–Crippen MR) is 109 cm³/mol. The molecule has 0 radical (unpaired) electrons. The van der Waals surface area contributed by atoms with Crippen molar-refractivity contribution < 1.29 is 14.3 Å². The van der Waals surface area contributed by atoms with Crippen molar-refractivity contribution in [3.8, 4) is 0 Å². The van der Waals surface area contributed by atoms with Gasteiger partial charge < -0.3 is 19.7 Å². The fourth-order valence-electron chi connectivity index (χ4n) is 3.62. The molecule has 1 unspecified atom stereocenters. The van der Waals surface area contributed by atoms with E-state index in [1.54, 1.807) is 17.5 Å². The standard InChI is InChI=1S/C20H26N4O3S/c25-20(17-14-16(3-4-21-17)23-5-9-26-10-6-23)22-15-18(19-2-1-13-28-19)24-7-11-27-12-8-24/h1-4,13-14,18H,5-12,15H2,(H,22,25). The van der Waals surface area contributed by atoms with Gasteiger partial charge in [0.05, 0.1) is 32.5 Å². The second kappa shape index (κ2) is 9.47. The van der Waals surface area contributed by atoms with Gasteiger partial charge in [-0.05, 0) is 23.6 Å². The first-order valence-corrected chi connectivity index (χ1v) is 10.6. The molecule has 0 aromatic carbocycles. The van der Waals surface area contributed by atoms with Crippen LogP contribution in [0.15, 0.2) is 35.8 Å². The summed E-state index contributed by atoms with van der Waals surface area (Å²) in [6, 6.07) is 8.17. The fraction of sp³-hybridized carbons (Fsp3) is 0.500. The van der Waals surface area contributed by atoms with Crippen molar-refractivity contribution in [2.24, 2.45) is 0 Å². The van der Waals surface area contributed by atoms with Crippen LogP contribution in [0, 0.1) is 0 Å². The molecule has 0 saturated carbocycles. The van der Waals surface area contributed by atoms with Gasteiger partial charge in [-0.1, -0.05) is 6.07 Å². The number of anilines is 1. The smallest absolute Gasteiger partial charge is 0.270 e. The first-order valence-electron chi connectivity index (χ1n) is 9.73. The quantitative estimate of drug-likeness (QED) is 0.795. The third kappa shape index (κ3) is 4.70. The number of nitrogens with one attached hydrogen (secondary N) is 1. The van der Waals surface area contributed by atoms with Gasteiger partial charge in [0.25, 0.3) is 5.91 Å². The van der Waals surface area contributed by atoms with Crippen molar-refractivity contribution in [1.82, 2.24) is 15.2 Å². The van der Waals surface area contributed by atoms with Crippen LogP contribution >= 0.6 is 11.3 Å². The summed E-state index contributed by atoms with van der Waals surface area (Å²) in [6.45, 7) is 6.88. The highest BCUT2D eigenvalue weighted by atomic mass is 32.1. The minimum atomic E-state index is -0.134. The maximum Gasteiger partial charge on any atom is 0.270 e. The van der Waals surface area contributed by atoms with Gasteiger partial charge in [-0.3, -0.25) is 14.7 Å². The van der Waals surface area contributed by atoms with Gasteiger partial charge in [-0.15, -0.1) is 11.3 Å². The van der Waals surface area contributed by atoms with Crippen LogP contribution in [0.2, 0.25) is 0 Å². The Kier molecular flexibility index (Phi) is 6.53. The third-order valence-corrected chi connectivity index (χ3v) is 6.14. The lowest BCUT2D eigenvalue weighted by atomic mass is 10.2. The Hall–Kier alpha value is -2.00. The average molecular weight is 403 g/mol. The summed E-state index contributed by atoms with van der Waals surface area (Å²) in [5.41, 5.74) is 1.47. The molecule has 0 bridgehead atoms. The molecular formula is C20H26N4O3S. The lowest BCUT2D eigenvalue weighted by Gasteiger charge is -2.34. The highest BCUT2D eigenvalue weighted by molar-refractivity contribution is 7.10. The predicted octanol–water partition coefficient (Wildman–Crippen LogP) is 1.78. The zero-order valence-corrected chi connectivity index (χ0v) is 16.7. The van der Waals surface area contributed by atoms with Gasteiger partial charge in [0.15, 0.2) is 0 Å². The highest BCUT2D eigenvalue weighted by Gasteiger charge is 2.24. The molecule has 28 heavy (non-hydrogen) atoms. The summed E-state index contributed by atoms with van der Waals surface area (Å²) in [4.78, 5) is 22.9. The van der Waals surface area contributed by atoms with E-state index in [2.05, 4.69) is 37.6 Å². The molecule has 4 rings (SSSR count). The average Bonchev–Trinajstić information content (AvgIpc) is 3.30. The van der Waals surface area contributed by atoms with Crippen LogP contribution in [-0.2, 0) is 9.47 Å². The topological polar surface area (TPSA) is 66.9 Å². The SMILES string of the molecule is O=C(NCC(c1cccs1)N1CCOCC1)c1cc(N2CCOCC2)ccn1. The van der Waals surface area contributed by atoms with Crippen molar-refractivity contribution in [1.29, 1.82) is 0 Å². The normalized spacial score (nSPS) is 19.4. The molecule has 0 aliphatic carbocycles. The number of hydrogen-bond donors (Lipinski definition) is 1. The number of morpholine rings is 2. The van der Waals surface area contributed by atoms with Crippen LogP contribution in [0.5, 0.6) is 0 Å². The van der Waals surface area contributed by atoms with E-state index in [9.17, 15) is 4.79 Å². The molecule has 2 aliphatic rings. The van der Waals surface area contributed by atoms with Gasteiger partial charge >= 0.3 is 0 Å². The maximum atomic E-state index is 12.8. The number of amides is 1. The fourth-order valence-corrected chi connectivity index (χ4v) is 4.48. The van der Waals surface area contributed by atoms with Crippen molar-refractivity contribution in [2.75, 3.05) is 64.1 Å². The van der Waals surface area contributed by atoms with Crippen LogP contribution in [0.1, 0.15) is 21.4 Å². The van der Waals surface area contributed by atoms with Gasteiger partial charge in [-0.25, -0.2) is 0 Å². The van der Waals surface area contributed by atoms with E-state index in [-0.39, 0.29) is 11.9 Å². The van der Waals surface area contributed by atoms with E-state index < -0.39 is 0 Å². The van der Waals surface area contributed by atoms with E-state index in [1.165, 1.54) is 4.88 Å². The molecule has 4 heterocycles. The molecule has 8 heteroatoms. The van der Waals surface area contributed by atoms with Crippen LogP contribution in [0.25, 0.3) is 0 Å². The van der Waals surface area contributed by atoms with Crippen LogP contribution in [0.3, 0.4) is 0 Å². The Bertz CT molecular complexity index is 759. The van der Waals surface area contributed by atoms with Crippen LogP contribution < -0.4 is 10.2 Å². The van der Waals surface area contributed by atoms with Crippen molar-refractivity contribution in [2.45, 2.75) is 6.04 Å². The van der Waals surface area contributed by atoms with Crippen molar-refractivity contribution >= 4 is 22.9 Å². The molecule has 2 aliphatic heterocycles. The summed E-state index contributed by atoms with van der Waals surface area (Å²) in [7, 11) is 0. The number of nitrogens with zero attached hydrogens (tertiary/aromatic N) is 3. The summed E-state index contributed by atoms with van der Waals surface area (Å²) in [6.07, 6.45) is 1.71. The second-order valence-corrected chi connectivity index (χ2v) is 7.87. The molecule has 2 fully saturated rings. The third-order valence-electron chi connectivity index (χ3n) is 5.17. The first-order chi connectivity index (χ1) is 13.8. The second-order valence-electron chi connectivity index (χ2n) is 6.89. The monoisotopic (exact) mass is 402 g/mol. The van der Waals surface area contributed by atoms with Crippen molar-refractivity contribution in [3.05, 3.63) is 46.4 Å². The lowest BCUT2D eigenvalue weighted by Crippen LogP contribution is -2.43. The minimum absolute atomic E-state index is 0.134. The molecule has 1 amide bonds. The Balaban J connectivity index is 1.42. The summed E-state index contributed by atoms with van der Waals surface area (Å²) in [5.74, 6) is -0.134. The van der Waals surface area contributed by atoms with Gasteiger partial charge in [0.2, 0.25) is 0 Å². The lowest BCUT2D eigenvalue weighted by molar-refractivity contribution is 0.0169. The van der Waals surface area contributed by atoms with Gasteiger partial charge in [-0.2, -0.15) is 0 Å². The van der Waals surface area contributed by atoms with E-state index in [1.807, 2.05) is 12.1 Å². The zero-order valence-electron chi connectivity index (χ0n) is 15.9. The molecule has 0 spiro atoms. The number of rotatable bonds is 6. The maximum absolute atomic E-state index is 12.8. The van der Waals surface area contributed by atoms with E-state index >= 15 is 0 Å². The molecule has 2 aromatic rings. The molecule has 2 saturated heterocycles. The molecule has 1 N–H and O–H groups in total. The number of aromatic nitrogens is 1. The van der Waals surface area contributed by atoms with Gasteiger partial charge in [0, 0.05) is 49.5 Å². The molecule has 7 nitrogen and oxygen atoms in total. The number of ether oxygens (including phenoxy) is 2. The minimum Gasteiger partial charge on any atom is -0.379 e. The number of hydrogen-bond acceptors (Lipinski definition) is 7. The molecule has 2 aromatic heterocycles. The number of carbonyl (C=O) groups excluding carboxylic acids is 1. The first kappa shape index (κ1) is 19.3. The number of pyridine rings is 1. The Morgan fingerprint density at radius 2 is 1.89 bits per heavy atom. The van der Waals surface area contributed by atoms with E-state index in [0.717, 1.165) is 45.1 Å². The molecule has 150 valence electrons. The zero-order chi connectivity index (χ0) is 19.2. The summed E-state index contributed by atoms with van der Waals surface area (Å²) >= 11 is 1.73. The Morgan fingerprint density at radius 3 is 2.61 bits per heavy atom. The largest absolute Gasteiger partial charge is 0.379 e. The van der Waals surface area contributed by atoms with Crippen LogP contribution in [0.4, 0.5) is 5.69 Å². The van der Waals surface area contributed by atoms with Crippen molar-refractivity contribution in [3.63, 3.8) is 0 Å². The van der Waals surface area contributed by atoms with Gasteiger partial charge in [0.1, 0.15) is 5.69 Å². The van der Waals surface area contributed by atoms with E-state index in [0.29, 0.717) is 25.5 Å². The Labute approximate surface area is 169 Å². The van der Waals surface area contributed by atoms with Crippen LogP contribution in [-0.4, -0.2) is 74.9 Å². The number of thiophene rings is 1. The Morgan fingerprint density at radius 1 is 1.14 bits per heavy atom.